The predicted octanol–water partition coefficient (Wildman–Crippen LogP) is 0.731. The van der Waals surface area contributed by atoms with Crippen molar-refractivity contribution in [3.8, 4) is 0 Å². The summed E-state index contributed by atoms with van der Waals surface area (Å²) in [6, 6.07) is 2.86. The second-order valence-electron chi connectivity index (χ2n) is 2.88. The van der Waals surface area contributed by atoms with Gasteiger partial charge in [-0.05, 0) is 12.1 Å². The molecule has 0 amide bonds. The van der Waals surface area contributed by atoms with E-state index in [0.717, 1.165) is 0 Å². The molecule has 2 heterocycles. The molecule has 0 bridgehead atoms. The minimum absolute atomic E-state index is 0.0765. The van der Waals surface area contributed by atoms with Crippen LogP contribution in [-0.2, 0) is 0 Å². The highest BCUT2D eigenvalue weighted by Crippen LogP contribution is 2.15. The lowest BCUT2D eigenvalue weighted by atomic mass is 10.2. The smallest absolute Gasteiger partial charge is 0.356 e. The molecule has 0 unspecified atom stereocenters. The molecule has 0 radical (unpaired) electrons. The van der Waals surface area contributed by atoms with Gasteiger partial charge in [0.05, 0.1) is 11.1 Å². The van der Waals surface area contributed by atoms with Gasteiger partial charge >= 0.3 is 11.9 Å². The Bertz CT molecular complexity index is 558. The molecule has 0 saturated heterocycles. The molecular formula is C9H6N2O4. The number of rotatable bonds is 2. The van der Waals surface area contributed by atoms with Crippen LogP contribution in [-0.4, -0.2) is 31.5 Å². The van der Waals surface area contributed by atoms with E-state index in [9.17, 15) is 9.59 Å². The van der Waals surface area contributed by atoms with Gasteiger partial charge in [-0.3, -0.25) is 0 Å². The van der Waals surface area contributed by atoms with Crippen LogP contribution in [0.15, 0.2) is 24.7 Å². The Balaban J connectivity index is 2.86. The zero-order chi connectivity index (χ0) is 11.0. The normalized spacial score (nSPS) is 10.4. The lowest BCUT2D eigenvalue weighted by Crippen LogP contribution is -2.04. The number of nitrogens with zero attached hydrogens (tertiary/aromatic N) is 2. The van der Waals surface area contributed by atoms with Crippen molar-refractivity contribution in [3.63, 3.8) is 0 Å². The summed E-state index contributed by atoms with van der Waals surface area (Å²) in [6.07, 6.45) is 2.81. The molecule has 0 aliphatic carbocycles. The quantitative estimate of drug-likeness (QED) is 0.755. The van der Waals surface area contributed by atoms with Gasteiger partial charge in [0, 0.05) is 6.20 Å². The average Bonchev–Trinajstić information content (AvgIpc) is 2.60. The van der Waals surface area contributed by atoms with E-state index in [-0.39, 0.29) is 16.8 Å². The Kier molecular flexibility index (Phi) is 1.89. The standard InChI is InChI=1S/C9H6N2O4/c12-8(13)5-2-1-3-11-4-10-6(7(5)11)9(14)15/h1-4H,(H,12,13)(H,14,15). The molecule has 6 nitrogen and oxygen atoms in total. The first-order valence-electron chi connectivity index (χ1n) is 4.03. The lowest BCUT2D eigenvalue weighted by molar-refractivity contribution is 0.0691. The Hall–Kier alpha value is -2.37. The molecule has 15 heavy (non-hydrogen) atoms. The molecule has 0 aliphatic heterocycles. The number of hydrogen-bond acceptors (Lipinski definition) is 3. The van der Waals surface area contributed by atoms with Gasteiger partial charge in [-0.1, -0.05) is 0 Å². The lowest BCUT2D eigenvalue weighted by Gasteiger charge is -1.99. The summed E-state index contributed by atoms with van der Waals surface area (Å²) in [5, 5.41) is 17.7. The van der Waals surface area contributed by atoms with Crippen molar-refractivity contribution >= 4 is 17.5 Å². The van der Waals surface area contributed by atoms with Crippen molar-refractivity contribution in [2.45, 2.75) is 0 Å². The van der Waals surface area contributed by atoms with Gasteiger partial charge in [-0.2, -0.15) is 0 Å². The molecule has 0 aliphatic rings. The second-order valence-corrected chi connectivity index (χ2v) is 2.88. The number of aromatic carboxylic acids is 2. The third-order valence-corrected chi connectivity index (χ3v) is 1.99. The minimum atomic E-state index is -1.24. The molecule has 0 aromatic carbocycles. The van der Waals surface area contributed by atoms with E-state index >= 15 is 0 Å². The van der Waals surface area contributed by atoms with E-state index in [1.165, 1.54) is 22.9 Å². The summed E-state index contributed by atoms with van der Waals surface area (Å²) < 4.78 is 1.37. The summed E-state index contributed by atoms with van der Waals surface area (Å²) in [5.74, 6) is -2.42. The number of aromatic nitrogens is 2. The van der Waals surface area contributed by atoms with Crippen molar-refractivity contribution in [2.75, 3.05) is 0 Å². The first-order valence-corrected chi connectivity index (χ1v) is 4.03. The highest BCUT2D eigenvalue weighted by atomic mass is 16.4. The number of carbonyl (C=O) groups is 2. The van der Waals surface area contributed by atoms with Gasteiger partial charge in [0.25, 0.3) is 0 Å². The number of hydrogen-bond donors (Lipinski definition) is 2. The highest BCUT2D eigenvalue weighted by molar-refractivity contribution is 6.03. The maximum absolute atomic E-state index is 10.9. The molecular weight excluding hydrogens is 200 g/mol. The maximum Gasteiger partial charge on any atom is 0.356 e. The van der Waals surface area contributed by atoms with Gasteiger partial charge in [0.2, 0.25) is 0 Å². The van der Waals surface area contributed by atoms with Crippen molar-refractivity contribution in [1.29, 1.82) is 0 Å². The summed E-state index contributed by atoms with van der Waals surface area (Å²) in [6.45, 7) is 0. The first kappa shape index (κ1) is 9.20. The third-order valence-electron chi connectivity index (χ3n) is 1.99. The van der Waals surface area contributed by atoms with Gasteiger partial charge in [0.15, 0.2) is 5.69 Å². The molecule has 0 spiro atoms. The van der Waals surface area contributed by atoms with Crippen LogP contribution in [0, 0.1) is 0 Å². The van der Waals surface area contributed by atoms with Crippen LogP contribution in [0.4, 0.5) is 0 Å². The van der Waals surface area contributed by atoms with Crippen LogP contribution in [0.1, 0.15) is 20.8 Å². The van der Waals surface area contributed by atoms with Crippen LogP contribution in [0.25, 0.3) is 5.52 Å². The largest absolute Gasteiger partial charge is 0.478 e. The molecule has 2 aromatic rings. The van der Waals surface area contributed by atoms with Crippen LogP contribution in [0.5, 0.6) is 0 Å². The van der Waals surface area contributed by atoms with Gasteiger partial charge < -0.3 is 14.6 Å². The first-order chi connectivity index (χ1) is 7.11. The summed E-state index contributed by atoms with van der Waals surface area (Å²) in [4.78, 5) is 25.3. The van der Waals surface area contributed by atoms with Gasteiger partial charge in [-0.25, -0.2) is 14.6 Å². The molecule has 6 heteroatoms. The number of imidazole rings is 1. The van der Waals surface area contributed by atoms with Crippen molar-refractivity contribution in [1.82, 2.24) is 9.38 Å². The van der Waals surface area contributed by atoms with E-state index in [0.29, 0.717) is 0 Å². The van der Waals surface area contributed by atoms with Crippen LogP contribution < -0.4 is 0 Å². The molecule has 0 saturated carbocycles. The zero-order valence-electron chi connectivity index (χ0n) is 7.41. The highest BCUT2D eigenvalue weighted by Gasteiger charge is 2.18. The Morgan fingerprint density at radius 2 is 2.00 bits per heavy atom. The molecule has 76 valence electrons. The fraction of sp³-hybridized carbons (Fsp3) is 0. The molecule has 2 N–H and O–H groups in total. The molecule has 2 aromatic heterocycles. The minimum Gasteiger partial charge on any atom is -0.478 e. The Morgan fingerprint density at radius 3 is 2.60 bits per heavy atom. The van der Waals surface area contributed by atoms with Crippen LogP contribution in [0.3, 0.4) is 0 Å². The van der Waals surface area contributed by atoms with E-state index in [2.05, 4.69) is 4.98 Å². The van der Waals surface area contributed by atoms with E-state index < -0.39 is 11.9 Å². The van der Waals surface area contributed by atoms with Crippen molar-refractivity contribution < 1.29 is 19.8 Å². The Morgan fingerprint density at radius 1 is 1.27 bits per heavy atom. The maximum atomic E-state index is 10.9. The van der Waals surface area contributed by atoms with Gasteiger partial charge in [0.1, 0.15) is 6.33 Å². The number of carboxylic acids is 2. The predicted molar refractivity (Wildman–Crippen MR) is 49.1 cm³/mol. The monoisotopic (exact) mass is 206 g/mol. The van der Waals surface area contributed by atoms with E-state index in [1.54, 1.807) is 6.20 Å². The number of fused-ring (bicyclic) bond motifs is 1. The van der Waals surface area contributed by atoms with Crippen molar-refractivity contribution in [2.24, 2.45) is 0 Å². The Labute approximate surface area is 83.4 Å². The number of carboxylic acid groups (broad SMARTS) is 2. The fourth-order valence-electron chi connectivity index (χ4n) is 1.38. The summed E-state index contributed by atoms with van der Waals surface area (Å²) >= 11 is 0. The fourth-order valence-corrected chi connectivity index (χ4v) is 1.38. The summed E-state index contributed by atoms with van der Waals surface area (Å²) in [5.41, 5.74) is -0.238. The third kappa shape index (κ3) is 1.32. The van der Waals surface area contributed by atoms with Crippen molar-refractivity contribution in [3.05, 3.63) is 35.9 Å². The molecule has 2 rings (SSSR count). The van der Waals surface area contributed by atoms with E-state index in [1.807, 2.05) is 0 Å². The zero-order valence-corrected chi connectivity index (χ0v) is 7.41. The summed E-state index contributed by atoms with van der Waals surface area (Å²) in [7, 11) is 0. The topological polar surface area (TPSA) is 91.9 Å². The number of pyridine rings is 1. The second kappa shape index (κ2) is 3.09. The molecule has 0 atom stereocenters. The molecule has 0 fully saturated rings. The van der Waals surface area contributed by atoms with Crippen LogP contribution in [0.2, 0.25) is 0 Å². The van der Waals surface area contributed by atoms with Gasteiger partial charge in [-0.15, -0.1) is 0 Å². The van der Waals surface area contributed by atoms with E-state index in [4.69, 9.17) is 10.2 Å². The SMILES string of the molecule is O=C(O)c1cccn2cnc(C(=O)O)c12. The average molecular weight is 206 g/mol. The van der Waals surface area contributed by atoms with Crippen LogP contribution >= 0.6 is 0 Å².